The van der Waals surface area contributed by atoms with Crippen LogP contribution in [0.25, 0.3) is 0 Å². The molecule has 1 saturated heterocycles. The molecule has 1 fully saturated rings. The molecule has 1 amide bonds. The van der Waals surface area contributed by atoms with Crippen LogP contribution >= 0.6 is 0 Å². The van der Waals surface area contributed by atoms with Crippen LogP contribution < -0.4 is 10.2 Å². The number of nitrogens with zero attached hydrogens (tertiary/aromatic N) is 2. The highest BCUT2D eigenvalue weighted by Gasteiger charge is 2.28. The summed E-state index contributed by atoms with van der Waals surface area (Å²) in [5.74, 6) is 0.517. The lowest BCUT2D eigenvalue weighted by molar-refractivity contribution is 0.0922. The first-order valence-electron chi connectivity index (χ1n) is 9.82. The molecule has 1 N–H and O–H groups in total. The lowest BCUT2D eigenvalue weighted by Gasteiger charge is -2.39. The number of amides is 1. The number of carbonyl (C=O) groups is 1. The van der Waals surface area contributed by atoms with Crippen LogP contribution in [0.5, 0.6) is 0 Å². The molecule has 1 unspecified atom stereocenters. The molecular formula is C23H24FN3O2. The van der Waals surface area contributed by atoms with Gasteiger partial charge >= 0.3 is 0 Å². The molecule has 1 aromatic heterocycles. The second-order valence-corrected chi connectivity index (χ2v) is 7.08. The summed E-state index contributed by atoms with van der Waals surface area (Å²) in [6.45, 7) is 3.37. The summed E-state index contributed by atoms with van der Waals surface area (Å²) in [4.78, 5) is 16.8. The highest BCUT2D eigenvalue weighted by atomic mass is 19.1. The van der Waals surface area contributed by atoms with E-state index >= 15 is 0 Å². The van der Waals surface area contributed by atoms with E-state index in [4.69, 9.17) is 4.42 Å². The van der Waals surface area contributed by atoms with E-state index in [-0.39, 0.29) is 17.8 Å². The van der Waals surface area contributed by atoms with Crippen molar-refractivity contribution < 1.29 is 13.6 Å². The van der Waals surface area contributed by atoms with Crippen LogP contribution in [0.2, 0.25) is 0 Å². The molecule has 1 atom stereocenters. The lowest BCUT2D eigenvalue weighted by atomic mass is 10.1. The Bertz CT molecular complexity index is 922. The molecule has 5 nitrogen and oxygen atoms in total. The Labute approximate surface area is 169 Å². The van der Waals surface area contributed by atoms with E-state index in [1.807, 2.05) is 42.5 Å². The predicted octanol–water partition coefficient (Wildman–Crippen LogP) is 3.71. The van der Waals surface area contributed by atoms with E-state index < -0.39 is 0 Å². The highest BCUT2D eigenvalue weighted by Crippen LogP contribution is 2.25. The van der Waals surface area contributed by atoms with Crippen molar-refractivity contribution in [3.8, 4) is 0 Å². The number of rotatable bonds is 6. The van der Waals surface area contributed by atoms with Crippen molar-refractivity contribution in [2.75, 3.05) is 37.6 Å². The van der Waals surface area contributed by atoms with E-state index in [1.54, 1.807) is 24.5 Å². The molecule has 0 spiro atoms. The van der Waals surface area contributed by atoms with Gasteiger partial charge in [-0.3, -0.25) is 9.69 Å². The van der Waals surface area contributed by atoms with Gasteiger partial charge in [0, 0.05) is 38.3 Å². The Hall–Kier alpha value is -3.12. The third-order valence-corrected chi connectivity index (χ3v) is 5.31. The van der Waals surface area contributed by atoms with Crippen molar-refractivity contribution in [1.82, 2.24) is 10.2 Å². The average Bonchev–Trinajstić information content (AvgIpc) is 3.30. The maximum atomic E-state index is 14.1. The number of benzene rings is 2. The van der Waals surface area contributed by atoms with Gasteiger partial charge < -0.3 is 14.6 Å². The molecule has 0 saturated carbocycles. The van der Waals surface area contributed by atoms with Crippen molar-refractivity contribution in [2.45, 2.75) is 6.04 Å². The Kier molecular flexibility index (Phi) is 5.91. The van der Waals surface area contributed by atoms with Gasteiger partial charge in [-0.05, 0) is 36.4 Å². The maximum absolute atomic E-state index is 14.1. The van der Waals surface area contributed by atoms with Crippen LogP contribution in [0.1, 0.15) is 22.2 Å². The van der Waals surface area contributed by atoms with Crippen LogP contribution in [0, 0.1) is 5.82 Å². The fraction of sp³-hybridized carbons (Fsp3) is 0.261. The monoisotopic (exact) mass is 393 g/mol. The zero-order chi connectivity index (χ0) is 20.1. The van der Waals surface area contributed by atoms with Crippen LogP contribution in [0.4, 0.5) is 10.1 Å². The largest absolute Gasteiger partial charge is 0.468 e. The smallest absolute Gasteiger partial charge is 0.251 e. The molecule has 0 bridgehead atoms. The molecule has 6 heteroatoms. The molecule has 0 aliphatic carbocycles. The van der Waals surface area contributed by atoms with E-state index in [9.17, 15) is 9.18 Å². The van der Waals surface area contributed by atoms with Gasteiger partial charge in [0.2, 0.25) is 0 Å². The van der Waals surface area contributed by atoms with Gasteiger partial charge in [0.15, 0.2) is 0 Å². The molecule has 3 aromatic rings. The normalized spacial score (nSPS) is 15.8. The first-order valence-corrected chi connectivity index (χ1v) is 9.82. The van der Waals surface area contributed by atoms with Crippen LogP contribution in [-0.2, 0) is 0 Å². The van der Waals surface area contributed by atoms with Gasteiger partial charge in [-0.2, -0.15) is 0 Å². The number of piperazine rings is 1. The summed E-state index contributed by atoms with van der Waals surface area (Å²) in [5, 5.41) is 3.02. The topological polar surface area (TPSA) is 48.7 Å². The Balaban J connectivity index is 1.42. The number of para-hydroxylation sites is 1. The van der Waals surface area contributed by atoms with Crippen molar-refractivity contribution in [3.05, 3.63) is 90.1 Å². The highest BCUT2D eigenvalue weighted by molar-refractivity contribution is 5.94. The van der Waals surface area contributed by atoms with E-state index in [1.165, 1.54) is 6.07 Å². The number of hydrogen-bond acceptors (Lipinski definition) is 4. The summed E-state index contributed by atoms with van der Waals surface area (Å²) >= 11 is 0. The van der Waals surface area contributed by atoms with Crippen molar-refractivity contribution in [2.24, 2.45) is 0 Å². The number of anilines is 1. The first-order chi connectivity index (χ1) is 14.2. The van der Waals surface area contributed by atoms with Crippen molar-refractivity contribution in [1.29, 1.82) is 0 Å². The van der Waals surface area contributed by atoms with Gasteiger partial charge in [-0.25, -0.2) is 4.39 Å². The Morgan fingerprint density at radius 3 is 2.38 bits per heavy atom. The Morgan fingerprint density at radius 2 is 1.69 bits per heavy atom. The Morgan fingerprint density at radius 1 is 0.966 bits per heavy atom. The molecule has 1 aliphatic rings. The fourth-order valence-electron chi connectivity index (χ4n) is 3.75. The molecule has 0 radical (unpaired) electrons. The van der Waals surface area contributed by atoms with Gasteiger partial charge in [0.25, 0.3) is 5.91 Å². The van der Waals surface area contributed by atoms with Crippen molar-refractivity contribution >= 4 is 11.6 Å². The molecular weight excluding hydrogens is 369 g/mol. The summed E-state index contributed by atoms with van der Waals surface area (Å²) in [7, 11) is 0. The van der Waals surface area contributed by atoms with Gasteiger partial charge in [0.1, 0.15) is 11.6 Å². The molecule has 29 heavy (non-hydrogen) atoms. The van der Waals surface area contributed by atoms with E-state index in [0.717, 1.165) is 18.8 Å². The van der Waals surface area contributed by atoms with Gasteiger partial charge in [0.05, 0.1) is 18.0 Å². The number of halogens is 1. The van der Waals surface area contributed by atoms with Crippen LogP contribution in [0.15, 0.2) is 77.4 Å². The molecule has 1 aliphatic heterocycles. The molecule has 2 aromatic carbocycles. The SMILES string of the molecule is O=C(NCC(c1ccco1)N1CCN(c2ccccc2F)CC1)c1ccccc1. The summed E-state index contributed by atoms with van der Waals surface area (Å²) in [5.41, 5.74) is 1.27. The third kappa shape index (κ3) is 4.49. The number of carbonyl (C=O) groups excluding carboxylic acids is 1. The van der Waals surface area contributed by atoms with Crippen LogP contribution in [0.3, 0.4) is 0 Å². The van der Waals surface area contributed by atoms with Gasteiger partial charge in [-0.1, -0.05) is 30.3 Å². The van der Waals surface area contributed by atoms with Crippen LogP contribution in [-0.4, -0.2) is 43.5 Å². The minimum atomic E-state index is -0.196. The molecule has 2 heterocycles. The van der Waals surface area contributed by atoms with Gasteiger partial charge in [-0.15, -0.1) is 0 Å². The summed E-state index contributed by atoms with van der Waals surface area (Å²) in [6.07, 6.45) is 1.65. The standard InChI is InChI=1S/C23H24FN3O2/c24-19-9-4-5-10-20(19)26-12-14-27(15-13-26)21(22-11-6-16-29-22)17-25-23(28)18-7-2-1-3-8-18/h1-11,16,21H,12-15,17H2,(H,25,28). The quantitative estimate of drug-likeness (QED) is 0.694. The third-order valence-electron chi connectivity index (χ3n) is 5.31. The molecule has 150 valence electrons. The van der Waals surface area contributed by atoms with Crippen molar-refractivity contribution in [3.63, 3.8) is 0 Å². The second kappa shape index (κ2) is 8.92. The fourth-order valence-corrected chi connectivity index (χ4v) is 3.75. The zero-order valence-electron chi connectivity index (χ0n) is 16.1. The number of furan rings is 1. The first kappa shape index (κ1) is 19.2. The second-order valence-electron chi connectivity index (χ2n) is 7.08. The van der Waals surface area contributed by atoms with E-state index in [0.29, 0.717) is 30.9 Å². The number of hydrogen-bond donors (Lipinski definition) is 1. The van der Waals surface area contributed by atoms with E-state index in [2.05, 4.69) is 15.1 Å². The molecule has 4 rings (SSSR count). The summed E-state index contributed by atoms with van der Waals surface area (Å²) < 4.78 is 19.8. The summed E-state index contributed by atoms with van der Waals surface area (Å²) in [6, 6.07) is 19.8. The average molecular weight is 393 g/mol. The zero-order valence-corrected chi connectivity index (χ0v) is 16.1. The lowest BCUT2D eigenvalue weighted by Crippen LogP contribution is -2.50. The number of nitrogens with one attached hydrogen (secondary N) is 1. The predicted molar refractivity (Wildman–Crippen MR) is 110 cm³/mol. The maximum Gasteiger partial charge on any atom is 0.251 e. The minimum absolute atomic E-state index is 0.0690. The minimum Gasteiger partial charge on any atom is -0.468 e.